The van der Waals surface area contributed by atoms with Crippen molar-refractivity contribution in [3.63, 3.8) is 0 Å². The third-order valence-electron chi connectivity index (χ3n) is 5.23. The lowest BCUT2D eigenvalue weighted by Crippen LogP contribution is -2.52. The van der Waals surface area contributed by atoms with Crippen molar-refractivity contribution >= 4 is 17.8 Å². The molecule has 2 amide bonds. The van der Waals surface area contributed by atoms with E-state index in [9.17, 15) is 19.5 Å². The summed E-state index contributed by atoms with van der Waals surface area (Å²) < 4.78 is 5.22. The van der Waals surface area contributed by atoms with E-state index in [2.05, 4.69) is 10.6 Å². The van der Waals surface area contributed by atoms with Crippen LogP contribution in [0.5, 0.6) is 0 Å². The highest BCUT2D eigenvalue weighted by atomic mass is 16.5. The molecule has 3 N–H and O–H groups in total. The van der Waals surface area contributed by atoms with Gasteiger partial charge in [-0.3, -0.25) is 14.4 Å². The minimum Gasteiger partial charge on any atom is -0.463 e. The number of ether oxygens (including phenoxy) is 1. The molecule has 0 aromatic rings. The number of esters is 1. The monoisotopic (exact) mass is 380 g/mol. The molecule has 0 saturated heterocycles. The highest BCUT2D eigenvalue weighted by Crippen LogP contribution is 2.29. The van der Waals surface area contributed by atoms with Gasteiger partial charge in [0.25, 0.3) is 0 Å². The van der Waals surface area contributed by atoms with E-state index in [1.807, 2.05) is 12.2 Å². The first-order chi connectivity index (χ1) is 12.8. The zero-order chi connectivity index (χ0) is 19.9. The standard InChI is InChI=1S/C20H32N2O5/c1-19(2)14-27-17(25)9-5-3-4-8-15(18(26)22-19)12-16(24)21-20(13-23)10-6-7-11-20/h3-4,15,23H,5-14H2,1-2H3,(H,21,24)(H,22,26). The fourth-order valence-electron chi connectivity index (χ4n) is 3.61. The summed E-state index contributed by atoms with van der Waals surface area (Å²) in [6.45, 7) is 3.59. The highest BCUT2D eigenvalue weighted by molar-refractivity contribution is 5.86. The van der Waals surface area contributed by atoms with Gasteiger partial charge in [-0.15, -0.1) is 0 Å². The average molecular weight is 380 g/mol. The maximum atomic E-state index is 12.7. The number of nitrogens with one attached hydrogen (secondary N) is 2. The lowest BCUT2D eigenvalue weighted by atomic mass is 9.94. The number of aliphatic hydroxyl groups is 1. The minimum absolute atomic E-state index is 0.0633. The molecule has 0 bridgehead atoms. The number of allylic oxidation sites excluding steroid dienone is 2. The molecular weight excluding hydrogens is 348 g/mol. The molecule has 1 aliphatic heterocycles. The van der Waals surface area contributed by atoms with E-state index in [-0.39, 0.29) is 37.4 Å². The Labute approximate surface area is 160 Å². The largest absolute Gasteiger partial charge is 0.463 e. The predicted octanol–water partition coefficient (Wildman–Crippen LogP) is 1.59. The van der Waals surface area contributed by atoms with Crippen molar-refractivity contribution in [1.29, 1.82) is 0 Å². The molecule has 1 fully saturated rings. The van der Waals surface area contributed by atoms with Crippen molar-refractivity contribution in [1.82, 2.24) is 10.6 Å². The van der Waals surface area contributed by atoms with Gasteiger partial charge in [0, 0.05) is 12.8 Å². The van der Waals surface area contributed by atoms with Crippen LogP contribution in [0, 0.1) is 5.92 Å². The van der Waals surface area contributed by atoms with E-state index in [0.717, 1.165) is 25.7 Å². The summed E-state index contributed by atoms with van der Waals surface area (Å²) in [5, 5.41) is 15.5. The van der Waals surface area contributed by atoms with Crippen molar-refractivity contribution in [3.05, 3.63) is 12.2 Å². The number of cyclic esters (lactones) is 1. The van der Waals surface area contributed by atoms with E-state index in [1.165, 1.54) is 0 Å². The minimum atomic E-state index is -0.706. The Hall–Kier alpha value is -1.89. The second-order valence-electron chi connectivity index (χ2n) is 8.37. The van der Waals surface area contributed by atoms with E-state index in [4.69, 9.17) is 4.74 Å². The second kappa shape index (κ2) is 9.35. The van der Waals surface area contributed by atoms with Gasteiger partial charge in [-0.2, -0.15) is 0 Å². The second-order valence-corrected chi connectivity index (χ2v) is 8.37. The van der Waals surface area contributed by atoms with Crippen molar-refractivity contribution in [2.24, 2.45) is 5.92 Å². The molecule has 1 unspecified atom stereocenters. The van der Waals surface area contributed by atoms with Crippen LogP contribution in [-0.2, 0) is 19.1 Å². The van der Waals surface area contributed by atoms with Crippen molar-refractivity contribution < 1.29 is 24.2 Å². The van der Waals surface area contributed by atoms with E-state index >= 15 is 0 Å². The summed E-state index contributed by atoms with van der Waals surface area (Å²) >= 11 is 0. The van der Waals surface area contributed by atoms with Gasteiger partial charge >= 0.3 is 5.97 Å². The van der Waals surface area contributed by atoms with Crippen LogP contribution >= 0.6 is 0 Å². The molecule has 7 heteroatoms. The van der Waals surface area contributed by atoms with Crippen LogP contribution in [0.25, 0.3) is 0 Å². The first-order valence-electron chi connectivity index (χ1n) is 9.80. The Morgan fingerprint density at radius 1 is 1.30 bits per heavy atom. The molecule has 0 radical (unpaired) electrons. The molecular formula is C20H32N2O5. The summed E-state index contributed by atoms with van der Waals surface area (Å²) in [5.74, 6) is -1.24. The topological polar surface area (TPSA) is 105 Å². The third-order valence-corrected chi connectivity index (χ3v) is 5.23. The summed E-state index contributed by atoms with van der Waals surface area (Å²) in [4.78, 5) is 37.0. The van der Waals surface area contributed by atoms with E-state index < -0.39 is 17.0 Å². The molecule has 1 heterocycles. The normalized spacial score (nSPS) is 25.7. The van der Waals surface area contributed by atoms with Gasteiger partial charge in [0.05, 0.1) is 23.6 Å². The zero-order valence-electron chi connectivity index (χ0n) is 16.4. The van der Waals surface area contributed by atoms with Crippen LogP contribution < -0.4 is 10.6 Å². The molecule has 0 aromatic heterocycles. The van der Waals surface area contributed by atoms with Crippen LogP contribution in [0.2, 0.25) is 0 Å². The summed E-state index contributed by atoms with van der Waals surface area (Å²) in [6, 6.07) is 0. The fraction of sp³-hybridized carbons (Fsp3) is 0.750. The van der Waals surface area contributed by atoms with Gasteiger partial charge in [0.2, 0.25) is 11.8 Å². The van der Waals surface area contributed by atoms with Crippen LogP contribution in [-0.4, -0.2) is 47.2 Å². The molecule has 0 aromatic carbocycles. The van der Waals surface area contributed by atoms with Gasteiger partial charge in [0.1, 0.15) is 6.61 Å². The number of rotatable bonds is 4. The van der Waals surface area contributed by atoms with Gasteiger partial charge in [0.15, 0.2) is 0 Å². The SMILES string of the molecule is CC1(C)COC(=O)CCC=CCC(CC(=O)NC2(CO)CCCC2)C(=O)N1. The fourth-order valence-corrected chi connectivity index (χ4v) is 3.61. The number of hydrogen-bond acceptors (Lipinski definition) is 5. The smallest absolute Gasteiger partial charge is 0.306 e. The Morgan fingerprint density at radius 3 is 2.67 bits per heavy atom. The van der Waals surface area contributed by atoms with E-state index in [1.54, 1.807) is 13.8 Å². The maximum Gasteiger partial charge on any atom is 0.306 e. The van der Waals surface area contributed by atoms with E-state index in [0.29, 0.717) is 19.3 Å². The zero-order valence-corrected chi connectivity index (χ0v) is 16.4. The quantitative estimate of drug-likeness (QED) is 0.507. The Kier molecular flexibility index (Phi) is 7.41. The van der Waals surface area contributed by atoms with Crippen LogP contribution in [0.4, 0.5) is 0 Å². The molecule has 7 nitrogen and oxygen atoms in total. The molecule has 2 aliphatic rings. The summed E-state index contributed by atoms with van der Waals surface area (Å²) in [5.41, 5.74) is -1.25. The van der Waals surface area contributed by atoms with Crippen LogP contribution in [0.1, 0.15) is 65.2 Å². The van der Waals surface area contributed by atoms with Crippen molar-refractivity contribution in [2.45, 2.75) is 76.3 Å². The molecule has 1 saturated carbocycles. The molecule has 1 aliphatic carbocycles. The van der Waals surface area contributed by atoms with Crippen molar-refractivity contribution in [3.8, 4) is 0 Å². The Morgan fingerprint density at radius 2 is 2.00 bits per heavy atom. The van der Waals surface area contributed by atoms with Crippen molar-refractivity contribution in [2.75, 3.05) is 13.2 Å². The van der Waals surface area contributed by atoms with Crippen LogP contribution in [0.3, 0.4) is 0 Å². The predicted molar refractivity (Wildman–Crippen MR) is 101 cm³/mol. The number of amides is 2. The summed E-state index contributed by atoms with van der Waals surface area (Å²) in [6.07, 6.45) is 8.53. The first kappa shape index (κ1) is 21.4. The number of aliphatic hydroxyl groups excluding tert-OH is 1. The molecule has 1 atom stereocenters. The molecule has 0 spiro atoms. The number of carbonyl (C=O) groups excluding carboxylic acids is 3. The molecule has 2 rings (SSSR count). The van der Waals surface area contributed by atoms with Gasteiger partial charge in [-0.1, -0.05) is 25.0 Å². The van der Waals surface area contributed by atoms with Gasteiger partial charge in [-0.25, -0.2) is 0 Å². The molecule has 27 heavy (non-hydrogen) atoms. The average Bonchev–Trinajstić information content (AvgIpc) is 3.06. The number of hydrogen-bond donors (Lipinski definition) is 3. The summed E-state index contributed by atoms with van der Waals surface area (Å²) in [7, 11) is 0. The Balaban J connectivity index is 2.04. The number of carbonyl (C=O) groups is 3. The van der Waals surface area contributed by atoms with Gasteiger partial charge in [-0.05, 0) is 39.5 Å². The molecule has 152 valence electrons. The lowest BCUT2D eigenvalue weighted by Gasteiger charge is -2.30. The first-order valence-corrected chi connectivity index (χ1v) is 9.80. The third kappa shape index (κ3) is 6.65. The van der Waals surface area contributed by atoms with Crippen LogP contribution in [0.15, 0.2) is 12.2 Å². The Bertz CT molecular complexity index is 579. The van der Waals surface area contributed by atoms with Gasteiger partial charge < -0.3 is 20.5 Å². The maximum absolute atomic E-state index is 12.7. The lowest BCUT2D eigenvalue weighted by molar-refractivity contribution is -0.146. The highest BCUT2D eigenvalue weighted by Gasteiger charge is 2.36.